The zero-order valence-corrected chi connectivity index (χ0v) is 10.5. The Balaban J connectivity index is 1.83. The number of rotatable bonds is 5. The molecule has 1 aromatic heterocycles. The van der Waals surface area contributed by atoms with Crippen LogP contribution in [0.15, 0.2) is 4.52 Å². The molecule has 0 aliphatic heterocycles. The lowest BCUT2D eigenvalue weighted by atomic mass is 10.1. The molecule has 0 bridgehead atoms. The van der Waals surface area contributed by atoms with Crippen molar-refractivity contribution in [1.82, 2.24) is 10.1 Å². The quantitative estimate of drug-likeness (QED) is 0.737. The number of ether oxygens (including phenoxy) is 2. The molecule has 2 fully saturated rings. The largest absolute Gasteiger partial charge is 0.468 e. The molecule has 1 heterocycles. The second-order valence-corrected chi connectivity index (χ2v) is 5.03. The summed E-state index contributed by atoms with van der Waals surface area (Å²) >= 11 is 0. The van der Waals surface area contributed by atoms with Crippen LogP contribution in [-0.2, 0) is 19.7 Å². The van der Waals surface area contributed by atoms with Crippen molar-refractivity contribution in [3.63, 3.8) is 0 Å². The number of hydrogen-bond acceptors (Lipinski definition) is 6. The summed E-state index contributed by atoms with van der Waals surface area (Å²) in [5, 5.41) is 3.95. The van der Waals surface area contributed by atoms with Crippen LogP contribution in [0.4, 0.5) is 0 Å². The van der Waals surface area contributed by atoms with E-state index < -0.39 is 5.41 Å². The van der Waals surface area contributed by atoms with Gasteiger partial charge in [-0.1, -0.05) is 5.16 Å². The van der Waals surface area contributed by atoms with Gasteiger partial charge in [-0.3, -0.25) is 4.79 Å². The van der Waals surface area contributed by atoms with Crippen LogP contribution in [-0.4, -0.2) is 30.3 Å². The molecule has 1 aromatic rings. The van der Waals surface area contributed by atoms with E-state index in [0.717, 1.165) is 12.8 Å². The molecule has 98 valence electrons. The highest BCUT2D eigenvalue weighted by Gasteiger charge is 2.57. The molecule has 0 radical (unpaired) electrons. The molecular weight excluding hydrogens is 236 g/mol. The Labute approximate surface area is 105 Å². The van der Waals surface area contributed by atoms with Gasteiger partial charge in [0.1, 0.15) is 11.5 Å². The van der Waals surface area contributed by atoms with E-state index in [4.69, 9.17) is 14.0 Å². The summed E-state index contributed by atoms with van der Waals surface area (Å²) < 4.78 is 15.4. The van der Waals surface area contributed by atoms with Crippen molar-refractivity contribution < 1.29 is 18.8 Å². The van der Waals surface area contributed by atoms with Gasteiger partial charge in [0.05, 0.1) is 7.11 Å². The van der Waals surface area contributed by atoms with E-state index in [0.29, 0.717) is 30.5 Å². The molecule has 2 aliphatic carbocycles. The normalized spacial score (nSPS) is 22.6. The van der Waals surface area contributed by atoms with Crippen LogP contribution >= 0.6 is 0 Å². The number of methoxy groups -OCH3 is 2. The topological polar surface area (TPSA) is 74.5 Å². The fourth-order valence-corrected chi connectivity index (χ4v) is 2.28. The number of carbonyl (C=O) groups excluding carboxylic acids is 1. The average Bonchev–Trinajstić information content (AvgIpc) is 3.30. The highest BCUT2D eigenvalue weighted by molar-refractivity contribution is 5.85. The monoisotopic (exact) mass is 252 g/mol. The predicted molar refractivity (Wildman–Crippen MR) is 59.7 cm³/mol. The van der Waals surface area contributed by atoms with Gasteiger partial charge in [0, 0.05) is 7.11 Å². The molecule has 2 aliphatic rings. The molecule has 1 unspecified atom stereocenters. The minimum absolute atomic E-state index is 0.115. The van der Waals surface area contributed by atoms with Gasteiger partial charge in [0.25, 0.3) is 0 Å². The smallest absolute Gasteiger partial charge is 0.321 e. The summed E-state index contributed by atoms with van der Waals surface area (Å²) in [5.41, 5.74) is -0.693. The highest BCUT2D eigenvalue weighted by Crippen LogP contribution is 2.49. The van der Waals surface area contributed by atoms with Crippen LogP contribution in [0.2, 0.25) is 0 Å². The van der Waals surface area contributed by atoms with Crippen LogP contribution in [0.1, 0.15) is 43.5 Å². The number of nitrogens with zero attached hydrogens (tertiary/aromatic N) is 2. The van der Waals surface area contributed by atoms with Gasteiger partial charge in [0.15, 0.2) is 0 Å². The lowest BCUT2D eigenvalue weighted by Gasteiger charge is -2.09. The second kappa shape index (κ2) is 4.05. The molecule has 1 atom stereocenters. The van der Waals surface area contributed by atoms with Gasteiger partial charge in [-0.25, -0.2) is 0 Å². The first kappa shape index (κ1) is 11.6. The van der Waals surface area contributed by atoms with Crippen molar-refractivity contribution in [2.45, 2.75) is 37.2 Å². The number of aromatic nitrogens is 2. The molecule has 0 spiro atoms. The van der Waals surface area contributed by atoms with E-state index in [9.17, 15) is 4.79 Å². The number of carbonyl (C=O) groups is 1. The number of hydrogen-bond donors (Lipinski definition) is 0. The fraction of sp³-hybridized carbons (Fsp3) is 0.750. The predicted octanol–water partition coefficient (Wildman–Crippen LogP) is 1.37. The standard InChI is InChI=1S/C12H16N2O4/c1-16-8(7-3-4-7)9-13-10(18-14-9)12(5-6-12)11(15)17-2/h7-8H,3-6H2,1-2H3. The Kier molecular flexibility index (Phi) is 2.62. The molecule has 0 saturated heterocycles. The summed E-state index contributed by atoms with van der Waals surface area (Å²) in [4.78, 5) is 16.1. The molecule has 2 saturated carbocycles. The Morgan fingerprint density at radius 1 is 1.44 bits per heavy atom. The minimum Gasteiger partial charge on any atom is -0.468 e. The third-order valence-electron chi connectivity index (χ3n) is 3.74. The molecule has 18 heavy (non-hydrogen) atoms. The first-order valence-corrected chi connectivity index (χ1v) is 6.16. The van der Waals surface area contributed by atoms with E-state index in [-0.39, 0.29) is 12.1 Å². The van der Waals surface area contributed by atoms with Crippen molar-refractivity contribution >= 4 is 5.97 Å². The van der Waals surface area contributed by atoms with Gasteiger partial charge in [-0.15, -0.1) is 0 Å². The molecule has 6 heteroatoms. The Morgan fingerprint density at radius 3 is 2.67 bits per heavy atom. The maximum Gasteiger partial charge on any atom is 0.321 e. The van der Waals surface area contributed by atoms with E-state index in [1.54, 1.807) is 7.11 Å². The fourth-order valence-electron chi connectivity index (χ4n) is 2.28. The van der Waals surface area contributed by atoms with Gasteiger partial charge in [-0.2, -0.15) is 4.98 Å². The molecular formula is C12H16N2O4. The van der Waals surface area contributed by atoms with Crippen LogP contribution in [0.25, 0.3) is 0 Å². The Hall–Kier alpha value is -1.43. The molecule has 3 rings (SSSR count). The zero-order chi connectivity index (χ0) is 12.8. The summed E-state index contributed by atoms with van der Waals surface area (Å²) in [7, 11) is 3.02. The summed E-state index contributed by atoms with van der Waals surface area (Å²) in [6.07, 6.45) is 3.57. The van der Waals surface area contributed by atoms with E-state index in [1.807, 2.05) is 0 Å². The minimum atomic E-state index is -0.693. The van der Waals surface area contributed by atoms with E-state index >= 15 is 0 Å². The van der Waals surface area contributed by atoms with Crippen molar-refractivity contribution in [2.75, 3.05) is 14.2 Å². The van der Waals surface area contributed by atoms with Crippen molar-refractivity contribution in [1.29, 1.82) is 0 Å². The van der Waals surface area contributed by atoms with Crippen molar-refractivity contribution in [3.05, 3.63) is 11.7 Å². The van der Waals surface area contributed by atoms with Crippen molar-refractivity contribution in [3.8, 4) is 0 Å². The highest BCUT2D eigenvalue weighted by atomic mass is 16.5. The molecule has 6 nitrogen and oxygen atoms in total. The van der Waals surface area contributed by atoms with Gasteiger partial charge in [0.2, 0.25) is 11.7 Å². The molecule has 0 amide bonds. The molecule has 0 aromatic carbocycles. The Bertz CT molecular complexity index is 462. The number of esters is 1. The van der Waals surface area contributed by atoms with Crippen LogP contribution in [0.3, 0.4) is 0 Å². The van der Waals surface area contributed by atoms with Crippen LogP contribution in [0.5, 0.6) is 0 Å². The Morgan fingerprint density at radius 2 is 2.17 bits per heavy atom. The van der Waals surface area contributed by atoms with Gasteiger partial charge in [-0.05, 0) is 31.6 Å². The first-order chi connectivity index (χ1) is 8.71. The first-order valence-electron chi connectivity index (χ1n) is 6.16. The van der Waals surface area contributed by atoms with Crippen LogP contribution in [0, 0.1) is 5.92 Å². The van der Waals surface area contributed by atoms with Gasteiger partial charge < -0.3 is 14.0 Å². The van der Waals surface area contributed by atoms with Gasteiger partial charge >= 0.3 is 5.97 Å². The van der Waals surface area contributed by atoms with Crippen LogP contribution < -0.4 is 0 Å². The SMILES string of the molecule is COC(=O)C1(c2nc(C(OC)C3CC3)no2)CC1. The van der Waals surface area contributed by atoms with E-state index in [2.05, 4.69) is 10.1 Å². The third-order valence-corrected chi connectivity index (χ3v) is 3.74. The van der Waals surface area contributed by atoms with Crippen molar-refractivity contribution in [2.24, 2.45) is 5.92 Å². The third kappa shape index (κ3) is 1.71. The zero-order valence-electron chi connectivity index (χ0n) is 10.5. The van der Waals surface area contributed by atoms with E-state index in [1.165, 1.54) is 7.11 Å². The summed E-state index contributed by atoms with van der Waals surface area (Å²) in [6.45, 7) is 0. The maximum absolute atomic E-state index is 11.7. The summed E-state index contributed by atoms with van der Waals surface area (Å²) in [5.74, 6) is 1.10. The second-order valence-electron chi connectivity index (χ2n) is 5.03. The lowest BCUT2D eigenvalue weighted by Crippen LogP contribution is -2.22. The lowest BCUT2D eigenvalue weighted by molar-refractivity contribution is -0.144. The maximum atomic E-state index is 11.7. The summed E-state index contributed by atoms with van der Waals surface area (Å²) in [6, 6.07) is 0. The average molecular weight is 252 g/mol. The molecule has 0 N–H and O–H groups in total.